The predicted octanol–water partition coefficient (Wildman–Crippen LogP) is 2.05. The number of fused-ring (bicyclic) bond motifs is 1. The molecule has 1 heterocycles. The molecule has 0 atom stereocenters. The molecule has 0 unspecified atom stereocenters. The summed E-state index contributed by atoms with van der Waals surface area (Å²) in [6.07, 6.45) is 1.59. The van der Waals surface area contributed by atoms with Crippen LogP contribution in [0.25, 0.3) is 10.9 Å². The zero-order valence-corrected chi connectivity index (χ0v) is 10.1. The van der Waals surface area contributed by atoms with Crippen molar-refractivity contribution in [3.8, 4) is 17.2 Å². The molecule has 90 valence electrons. The largest absolute Gasteiger partial charge is 0.493 e. The van der Waals surface area contributed by atoms with E-state index in [1.54, 1.807) is 26.5 Å². The summed E-state index contributed by atoms with van der Waals surface area (Å²) >= 11 is 0. The molecule has 0 amide bonds. The quantitative estimate of drug-likeness (QED) is 0.810. The van der Waals surface area contributed by atoms with E-state index in [9.17, 15) is 0 Å². The second-order valence-corrected chi connectivity index (χ2v) is 3.37. The van der Waals surface area contributed by atoms with E-state index in [-0.39, 0.29) is 0 Å². The van der Waals surface area contributed by atoms with Crippen LogP contribution in [0, 0.1) is 0 Å². The molecule has 1 aromatic carbocycles. The highest BCUT2D eigenvalue weighted by Crippen LogP contribution is 2.34. The summed E-state index contributed by atoms with van der Waals surface area (Å²) in [4.78, 5) is 0. The number of nitrogens with zero attached hydrogens (tertiary/aromatic N) is 2. The van der Waals surface area contributed by atoms with Gasteiger partial charge in [-0.15, -0.1) is 0 Å². The minimum Gasteiger partial charge on any atom is -0.493 e. The maximum absolute atomic E-state index is 5.49. The Hall–Kier alpha value is -2.04. The van der Waals surface area contributed by atoms with Crippen LogP contribution in [0.4, 0.5) is 0 Å². The smallest absolute Gasteiger partial charge is 0.162 e. The molecule has 1 aromatic heterocycles. The fourth-order valence-corrected chi connectivity index (χ4v) is 1.63. The number of ether oxygens (including phenoxy) is 3. The molecule has 0 radical (unpaired) electrons. The van der Waals surface area contributed by atoms with E-state index in [0.717, 1.165) is 5.39 Å². The summed E-state index contributed by atoms with van der Waals surface area (Å²) in [5.41, 5.74) is 0.716. The van der Waals surface area contributed by atoms with Crippen LogP contribution in [0.1, 0.15) is 6.92 Å². The van der Waals surface area contributed by atoms with Crippen LogP contribution in [0.2, 0.25) is 0 Å². The Morgan fingerprint density at radius 1 is 1.06 bits per heavy atom. The molecular weight excluding hydrogens is 220 g/mol. The van der Waals surface area contributed by atoms with Crippen LogP contribution < -0.4 is 14.2 Å². The van der Waals surface area contributed by atoms with Gasteiger partial charge in [0.05, 0.1) is 27.0 Å². The molecule has 17 heavy (non-hydrogen) atoms. The molecule has 2 rings (SSSR count). The molecule has 0 saturated heterocycles. The number of methoxy groups -OCH3 is 2. The first-order chi connectivity index (χ1) is 8.30. The molecule has 0 aliphatic rings. The maximum Gasteiger partial charge on any atom is 0.162 e. The molecule has 5 heteroatoms. The van der Waals surface area contributed by atoms with Crippen molar-refractivity contribution >= 4 is 10.9 Å². The highest BCUT2D eigenvalue weighted by atomic mass is 16.5. The number of aromatic nitrogens is 2. The number of rotatable bonds is 4. The van der Waals surface area contributed by atoms with Gasteiger partial charge in [0, 0.05) is 11.5 Å². The molecule has 5 nitrogen and oxygen atoms in total. The first-order valence-corrected chi connectivity index (χ1v) is 5.30. The Morgan fingerprint density at radius 2 is 1.76 bits per heavy atom. The first kappa shape index (κ1) is 11.4. The van der Waals surface area contributed by atoms with Crippen molar-refractivity contribution < 1.29 is 14.2 Å². The average molecular weight is 234 g/mol. The van der Waals surface area contributed by atoms with Crippen LogP contribution in [0.3, 0.4) is 0 Å². The van der Waals surface area contributed by atoms with Gasteiger partial charge in [-0.05, 0) is 13.0 Å². The number of hydrogen-bond donors (Lipinski definition) is 0. The third kappa shape index (κ3) is 2.08. The van der Waals surface area contributed by atoms with Gasteiger partial charge in [-0.3, -0.25) is 0 Å². The van der Waals surface area contributed by atoms with E-state index in [1.165, 1.54) is 0 Å². The lowest BCUT2D eigenvalue weighted by atomic mass is 10.2. The Balaban J connectivity index is 2.64. The molecule has 2 aromatic rings. The Bertz CT molecular complexity index is 528. The lowest BCUT2D eigenvalue weighted by Crippen LogP contribution is -1.97. The third-order valence-corrected chi connectivity index (χ3v) is 2.41. The van der Waals surface area contributed by atoms with E-state index in [2.05, 4.69) is 10.2 Å². The van der Waals surface area contributed by atoms with Crippen molar-refractivity contribution in [3.05, 3.63) is 18.3 Å². The van der Waals surface area contributed by atoms with Crippen molar-refractivity contribution in [2.75, 3.05) is 20.8 Å². The minimum absolute atomic E-state index is 0.579. The van der Waals surface area contributed by atoms with E-state index < -0.39 is 0 Å². The van der Waals surface area contributed by atoms with Crippen molar-refractivity contribution in [1.29, 1.82) is 0 Å². The third-order valence-electron chi connectivity index (χ3n) is 2.41. The summed E-state index contributed by atoms with van der Waals surface area (Å²) in [5.74, 6) is 1.97. The van der Waals surface area contributed by atoms with Crippen molar-refractivity contribution in [1.82, 2.24) is 10.2 Å². The van der Waals surface area contributed by atoms with Crippen LogP contribution in [-0.2, 0) is 0 Å². The molecule has 0 aliphatic carbocycles. The zero-order valence-electron chi connectivity index (χ0n) is 10.1. The van der Waals surface area contributed by atoms with Gasteiger partial charge in [0.2, 0.25) is 0 Å². The monoisotopic (exact) mass is 234 g/mol. The highest BCUT2D eigenvalue weighted by molar-refractivity contribution is 5.87. The van der Waals surface area contributed by atoms with Gasteiger partial charge in [-0.2, -0.15) is 10.2 Å². The number of benzene rings is 1. The molecule has 0 fully saturated rings. The summed E-state index contributed by atoms with van der Waals surface area (Å²) in [7, 11) is 3.18. The predicted molar refractivity (Wildman–Crippen MR) is 63.8 cm³/mol. The summed E-state index contributed by atoms with van der Waals surface area (Å²) in [6.45, 7) is 2.50. The normalized spacial score (nSPS) is 10.3. The van der Waals surface area contributed by atoms with Gasteiger partial charge >= 0.3 is 0 Å². The van der Waals surface area contributed by atoms with Gasteiger partial charge in [0.15, 0.2) is 11.5 Å². The van der Waals surface area contributed by atoms with Crippen LogP contribution in [0.5, 0.6) is 17.2 Å². The van der Waals surface area contributed by atoms with Gasteiger partial charge in [-0.1, -0.05) is 0 Å². The van der Waals surface area contributed by atoms with Crippen molar-refractivity contribution in [2.45, 2.75) is 6.92 Å². The van der Waals surface area contributed by atoms with E-state index >= 15 is 0 Å². The molecule has 0 aliphatic heterocycles. The average Bonchev–Trinajstić information content (AvgIpc) is 2.38. The van der Waals surface area contributed by atoms with Crippen LogP contribution >= 0.6 is 0 Å². The summed E-state index contributed by atoms with van der Waals surface area (Å²) < 4.78 is 16.0. The standard InChI is InChI=1S/C12H14N2O3/c1-4-17-12-7-13-14-9-6-11(16-3)10(15-2)5-8(9)12/h5-7H,4H2,1-3H3. The topological polar surface area (TPSA) is 53.5 Å². The fourth-order valence-electron chi connectivity index (χ4n) is 1.63. The number of hydrogen-bond acceptors (Lipinski definition) is 5. The molecule has 0 saturated carbocycles. The second kappa shape index (κ2) is 4.86. The zero-order chi connectivity index (χ0) is 12.3. The van der Waals surface area contributed by atoms with Crippen molar-refractivity contribution in [2.24, 2.45) is 0 Å². The molecule has 0 spiro atoms. The van der Waals surface area contributed by atoms with E-state index in [4.69, 9.17) is 14.2 Å². The Labute approximate surface area is 99.3 Å². The van der Waals surface area contributed by atoms with Crippen molar-refractivity contribution in [3.63, 3.8) is 0 Å². The highest BCUT2D eigenvalue weighted by Gasteiger charge is 2.10. The lowest BCUT2D eigenvalue weighted by Gasteiger charge is -2.10. The first-order valence-electron chi connectivity index (χ1n) is 5.30. The molecular formula is C12H14N2O3. The van der Waals surface area contributed by atoms with Gasteiger partial charge in [0.1, 0.15) is 11.3 Å². The SMILES string of the molecule is CCOc1cnnc2cc(OC)c(OC)cc12. The lowest BCUT2D eigenvalue weighted by molar-refractivity contribution is 0.341. The van der Waals surface area contributed by atoms with Crippen LogP contribution in [-0.4, -0.2) is 31.0 Å². The second-order valence-electron chi connectivity index (χ2n) is 3.37. The Morgan fingerprint density at radius 3 is 2.41 bits per heavy atom. The minimum atomic E-state index is 0.579. The Kier molecular flexibility index (Phi) is 3.27. The summed E-state index contributed by atoms with van der Waals surface area (Å²) in [6, 6.07) is 3.62. The maximum atomic E-state index is 5.49. The van der Waals surface area contributed by atoms with Crippen LogP contribution in [0.15, 0.2) is 18.3 Å². The van der Waals surface area contributed by atoms with Gasteiger partial charge in [-0.25, -0.2) is 0 Å². The fraction of sp³-hybridized carbons (Fsp3) is 0.333. The van der Waals surface area contributed by atoms with Gasteiger partial charge in [0.25, 0.3) is 0 Å². The van der Waals surface area contributed by atoms with Gasteiger partial charge < -0.3 is 14.2 Å². The summed E-state index contributed by atoms with van der Waals surface area (Å²) in [5, 5.41) is 8.79. The van der Waals surface area contributed by atoms with E-state index in [0.29, 0.717) is 29.4 Å². The van der Waals surface area contributed by atoms with E-state index in [1.807, 2.05) is 13.0 Å². The molecule has 0 N–H and O–H groups in total. The molecule has 0 bridgehead atoms.